The standard InChI is InChI=1S/C18H24N4O2S/c1-3-24-16-7-5-4-6-15(16)20-17(23)14(2)21-9-11-22(12-10-21)18-19-8-13-25-18/h4-8,13-14H,3,9-12H2,1-2H3,(H,20,23)/t14-/m1/s1. The number of hydrogen-bond donors (Lipinski definition) is 1. The van der Waals surface area contributed by atoms with E-state index in [4.69, 9.17) is 4.74 Å². The number of benzene rings is 1. The van der Waals surface area contributed by atoms with E-state index in [9.17, 15) is 4.79 Å². The summed E-state index contributed by atoms with van der Waals surface area (Å²) in [5, 5.41) is 6.05. The Morgan fingerprint density at radius 3 is 2.76 bits per heavy atom. The maximum absolute atomic E-state index is 12.6. The summed E-state index contributed by atoms with van der Waals surface area (Å²) in [5.74, 6) is 0.703. The number of anilines is 2. The largest absolute Gasteiger partial charge is 0.492 e. The molecule has 3 rings (SSSR count). The third-order valence-electron chi connectivity index (χ3n) is 4.38. The van der Waals surface area contributed by atoms with E-state index >= 15 is 0 Å². The molecule has 1 amide bonds. The van der Waals surface area contributed by atoms with E-state index < -0.39 is 0 Å². The number of nitrogens with one attached hydrogen (secondary N) is 1. The average Bonchev–Trinajstić information content (AvgIpc) is 3.18. The summed E-state index contributed by atoms with van der Waals surface area (Å²) in [6.45, 7) is 7.94. The summed E-state index contributed by atoms with van der Waals surface area (Å²) in [7, 11) is 0. The lowest BCUT2D eigenvalue weighted by molar-refractivity contribution is -0.120. The molecule has 25 heavy (non-hydrogen) atoms. The molecule has 1 aromatic carbocycles. The van der Waals surface area contributed by atoms with Crippen LogP contribution in [0.15, 0.2) is 35.8 Å². The van der Waals surface area contributed by atoms with Gasteiger partial charge >= 0.3 is 0 Å². The molecule has 1 saturated heterocycles. The maximum Gasteiger partial charge on any atom is 0.241 e. The lowest BCUT2D eigenvalue weighted by atomic mass is 10.2. The van der Waals surface area contributed by atoms with Crippen molar-refractivity contribution in [3.05, 3.63) is 35.8 Å². The number of nitrogens with zero attached hydrogens (tertiary/aromatic N) is 3. The van der Waals surface area contributed by atoms with E-state index in [1.54, 1.807) is 11.3 Å². The van der Waals surface area contributed by atoms with Crippen LogP contribution in [0.2, 0.25) is 0 Å². The fraction of sp³-hybridized carbons (Fsp3) is 0.444. The highest BCUT2D eigenvalue weighted by Gasteiger charge is 2.26. The van der Waals surface area contributed by atoms with Crippen LogP contribution in [0, 0.1) is 0 Å². The van der Waals surface area contributed by atoms with Crippen LogP contribution in [0.4, 0.5) is 10.8 Å². The van der Waals surface area contributed by atoms with Gasteiger partial charge in [-0.15, -0.1) is 11.3 Å². The number of carbonyl (C=O) groups excluding carboxylic acids is 1. The maximum atomic E-state index is 12.6. The molecule has 1 aliphatic heterocycles. The predicted molar refractivity (Wildman–Crippen MR) is 102 cm³/mol. The van der Waals surface area contributed by atoms with Gasteiger partial charge in [0.15, 0.2) is 5.13 Å². The van der Waals surface area contributed by atoms with Gasteiger partial charge in [0.1, 0.15) is 5.75 Å². The number of ether oxygens (including phenoxy) is 1. The molecule has 7 heteroatoms. The molecule has 0 radical (unpaired) electrons. The Balaban J connectivity index is 1.56. The molecule has 6 nitrogen and oxygen atoms in total. The molecular formula is C18H24N4O2S. The molecule has 2 aromatic rings. The minimum absolute atomic E-state index is 0.00477. The van der Waals surface area contributed by atoms with Gasteiger partial charge in [-0.2, -0.15) is 0 Å². The van der Waals surface area contributed by atoms with E-state index in [2.05, 4.69) is 20.1 Å². The summed E-state index contributed by atoms with van der Waals surface area (Å²) in [6.07, 6.45) is 1.83. The summed E-state index contributed by atoms with van der Waals surface area (Å²) in [6, 6.07) is 7.36. The topological polar surface area (TPSA) is 57.7 Å². The Hall–Kier alpha value is -2.12. The second-order valence-corrected chi connectivity index (χ2v) is 6.81. The Kier molecular flexibility index (Phi) is 5.88. The number of piperazine rings is 1. The van der Waals surface area contributed by atoms with Crippen molar-refractivity contribution in [2.45, 2.75) is 19.9 Å². The number of para-hydroxylation sites is 2. The van der Waals surface area contributed by atoms with Crippen molar-refractivity contribution in [1.82, 2.24) is 9.88 Å². The van der Waals surface area contributed by atoms with Crippen molar-refractivity contribution in [2.75, 3.05) is 43.0 Å². The van der Waals surface area contributed by atoms with Crippen LogP contribution < -0.4 is 15.0 Å². The predicted octanol–water partition coefficient (Wildman–Crippen LogP) is 2.69. The quantitative estimate of drug-likeness (QED) is 0.858. The van der Waals surface area contributed by atoms with Crippen molar-refractivity contribution < 1.29 is 9.53 Å². The van der Waals surface area contributed by atoms with Crippen LogP contribution >= 0.6 is 11.3 Å². The van der Waals surface area contributed by atoms with Crippen LogP contribution in [0.3, 0.4) is 0 Å². The van der Waals surface area contributed by atoms with Gasteiger partial charge in [0.25, 0.3) is 0 Å². The minimum Gasteiger partial charge on any atom is -0.492 e. The second kappa shape index (κ2) is 8.31. The van der Waals surface area contributed by atoms with E-state index in [1.165, 1.54) is 0 Å². The van der Waals surface area contributed by atoms with Crippen LogP contribution in [-0.4, -0.2) is 54.6 Å². The van der Waals surface area contributed by atoms with Crippen LogP contribution in [0.25, 0.3) is 0 Å². The molecule has 2 heterocycles. The molecule has 0 spiro atoms. The normalized spacial score (nSPS) is 16.5. The number of thiazole rings is 1. The number of rotatable bonds is 6. The Bertz CT molecular complexity index is 684. The zero-order valence-corrected chi connectivity index (χ0v) is 15.5. The molecule has 0 unspecified atom stereocenters. The van der Waals surface area contributed by atoms with Crippen LogP contribution in [0.1, 0.15) is 13.8 Å². The smallest absolute Gasteiger partial charge is 0.241 e. The molecule has 1 fully saturated rings. The highest BCUT2D eigenvalue weighted by molar-refractivity contribution is 7.13. The second-order valence-electron chi connectivity index (χ2n) is 5.93. The van der Waals surface area contributed by atoms with Gasteiger partial charge in [-0.05, 0) is 26.0 Å². The lowest BCUT2D eigenvalue weighted by Crippen LogP contribution is -2.52. The van der Waals surface area contributed by atoms with Crippen molar-refractivity contribution >= 4 is 28.1 Å². The minimum atomic E-state index is -0.187. The van der Waals surface area contributed by atoms with Crippen molar-refractivity contribution in [2.24, 2.45) is 0 Å². The molecule has 0 bridgehead atoms. The molecule has 0 aliphatic carbocycles. The van der Waals surface area contributed by atoms with E-state index in [0.717, 1.165) is 37.0 Å². The van der Waals surface area contributed by atoms with Gasteiger partial charge in [-0.25, -0.2) is 4.98 Å². The summed E-state index contributed by atoms with van der Waals surface area (Å²) < 4.78 is 5.58. The first-order chi connectivity index (χ1) is 12.2. The first-order valence-corrected chi connectivity index (χ1v) is 9.48. The highest BCUT2D eigenvalue weighted by Crippen LogP contribution is 2.24. The average molecular weight is 360 g/mol. The number of aromatic nitrogens is 1. The van der Waals surface area contributed by atoms with Crippen LogP contribution in [0.5, 0.6) is 5.75 Å². The Morgan fingerprint density at radius 1 is 1.32 bits per heavy atom. The SMILES string of the molecule is CCOc1ccccc1NC(=O)[C@@H](C)N1CCN(c2nccs2)CC1. The first-order valence-electron chi connectivity index (χ1n) is 8.60. The molecule has 1 aliphatic rings. The molecule has 0 saturated carbocycles. The van der Waals surface area contributed by atoms with Gasteiger partial charge in [-0.1, -0.05) is 12.1 Å². The molecule has 1 N–H and O–H groups in total. The van der Waals surface area contributed by atoms with E-state index in [0.29, 0.717) is 12.4 Å². The summed E-state index contributed by atoms with van der Waals surface area (Å²) in [4.78, 5) is 21.5. The number of hydrogen-bond acceptors (Lipinski definition) is 6. The highest BCUT2D eigenvalue weighted by atomic mass is 32.1. The first kappa shape index (κ1) is 17.7. The Morgan fingerprint density at radius 2 is 2.08 bits per heavy atom. The van der Waals surface area contributed by atoms with Gasteiger partial charge in [0.2, 0.25) is 5.91 Å². The van der Waals surface area contributed by atoms with Crippen molar-refractivity contribution in [3.8, 4) is 5.75 Å². The summed E-state index contributed by atoms with van der Waals surface area (Å²) in [5.41, 5.74) is 0.725. The van der Waals surface area contributed by atoms with E-state index in [-0.39, 0.29) is 11.9 Å². The van der Waals surface area contributed by atoms with Gasteiger partial charge < -0.3 is 15.0 Å². The van der Waals surface area contributed by atoms with Gasteiger partial charge in [0, 0.05) is 37.8 Å². The Labute approximate surface area is 152 Å². The number of amides is 1. The third-order valence-corrected chi connectivity index (χ3v) is 5.21. The molecule has 1 aromatic heterocycles. The molecule has 134 valence electrons. The van der Waals surface area contributed by atoms with Crippen molar-refractivity contribution in [3.63, 3.8) is 0 Å². The zero-order valence-electron chi connectivity index (χ0n) is 14.6. The fourth-order valence-electron chi connectivity index (χ4n) is 2.93. The van der Waals surface area contributed by atoms with E-state index in [1.807, 2.05) is 49.7 Å². The number of carbonyl (C=O) groups is 1. The van der Waals surface area contributed by atoms with Gasteiger partial charge in [-0.3, -0.25) is 9.69 Å². The van der Waals surface area contributed by atoms with Crippen molar-refractivity contribution in [1.29, 1.82) is 0 Å². The zero-order chi connectivity index (χ0) is 17.6. The van der Waals surface area contributed by atoms with Gasteiger partial charge in [0.05, 0.1) is 18.3 Å². The van der Waals surface area contributed by atoms with Crippen LogP contribution in [-0.2, 0) is 4.79 Å². The third kappa shape index (κ3) is 4.29. The lowest BCUT2D eigenvalue weighted by Gasteiger charge is -2.37. The monoisotopic (exact) mass is 360 g/mol. The fourth-order valence-corrected chi connectivity index (χ4v) is 3.62. The molecule has 1 atom stereocenters. The molecular weight excluding hydrogens is 336 g/mol. The summed E-state index contributed by atoms with van der Waals surface area (Å²) >= 11 is 1.66.